The summed E-state index contributed by atoms with van der Waals surface area (Å²) in [6, 6.07) is 1.55. The molecule has 2 unspecified atom stereocenters. The Morgan fingerprint density at radius 1 is 1.50 bits per heavy atom. The van der Waals surface area contributed by atoms with Gasteiger partial charge in [-0.05, 0) is 48.3 Å². The number of amides is 1. The molecule has 3 N–H and O–H groups in total. The van der Waals surface area contributed by atoms with Crippen LogP contribution in [0, 0.1) is 20.7 Å². The summed E-state index contributed by atoms with van der Waals surface area (Å²) in [6.07, 6.45) is 1.84. The minimum Gasteiger partial charge on any atom is -0.465 e. The minimum atomic E-state index is -1.06. The number of anilines is 1. The Hall–Kier alpha value is -1.34. The van der Waals surface area contributed by atoms with Crippen LogP contribution in [0.2, 0.25) is 5.15 Å². The normalized spacial score (nSPS) is 21.0. The maximum absolute atomic E-state index is 14.2. The smallest absolute Gasteiger partial charge is 0.404 e. The summed E-state index contributed by atoms with van der Waals surface area (Å²) in [5.41, 5.74) is 0.0133. The Kier molecular flexibility index (Phi) is 5.63. The van der Waals surface area contributed by atoms with Crippen molar-refractivity contribution >= 4 is 46.1 Å². The third kappa shape index (κ3) is 3.89. The van der Waals surface area contributed by atoms with Crippen molar-refractivity contribution in [3.63, 3.8) is 0 Å². The van der Waals surface area contributed by atoms with Gasteiger partial charge in [-0.3, -0.25) is 0 Å². The maximum Gasteiger partial charge on any atom is 0.404 e. The van der Waals surface area contributed by atoms with Crippen LogP contribution in [0.1, 0.15) is 31.2 Å². The van der Waals surface area contributed by atoms with Crippen LogP contribution in [0.25, 0.3) is 0 Å². The molecule has 0 aromatic carbocycles. The van der Waals surface area contributed by atoms with E-state index in [-0.39, 0.29) is 32.2 Å². The van der Waals surface area contributed by atoms with Crippen LogP contribution in [0.5, 0.6) is 0 Å². The van der Waals surface area contributed by atoms with Gasteiger partial charge in [0.25, 0.3) is 0 Å². The number of halogens is 3. The lowest BCUT2D eigenvalue weighted by molar-refractivity contribution is 0.185. The summed E-state index contributed by atoms with van der Waals surface area (Å²) < 4.78 is 14.4. The van der Waals surface area contributed by atoms with Gasteiger partial charge < -0.3 is 15.7 Å². The standard InChI is InChI=1S/C13H13ClFIN4O2/c14-11-8(5-17)10(16)9(15)12(20-11)18-6-2-1-3-7(4-6)19-13(21)22/h6-7,19H,1-4H2,(H,18,20)(H,21,22). The Bertz CT molecular complexity index is 637. The predicted octanol–water partition coefficient (Wildman–Crippen LogP) is 3.34. The van der Waals surface area contributed by atoms with E-state index in [2.05, 4.69) is 15.6 Å². The van der Waals surface area contributed by atoms with Gasteiger partial charge in [-0.2, -0.15) is 5.26 Å². The maximum atomic E-state index is 14.2. The van der Waals surface area contributed by atoms with Crippen LogP contribution in [-0.2, 0) is 0 Å². The van der Waals surface area contributed by atoms with E-state index in [0.29, 0.717) is 6.42 Å². The van der Waals surface area contributed by atoms with Crippen molar-refractivity contribution in [3.8, 4) is 6.07 Å². The number of hydrogen-bond acceptors (Lipinski definition) is 4. The molecule has 0 spiro atoms. The quantitative estimate of drug-likeness (QED) is 0.497. The van der Waals surface area contributed by atoms with Gasteiger partial charge in [0, 0.05) is 12.1 Å². The number of pyridine rings is 1. The Labute approximate surface area is 145 Å². The van der Waals surface area contributed by atoms with E-state index in [1.807, 2.05) is 6.07 Å². The number of carboxylic acid groups (broad SMARTS) is 1. The van der Waals surface area contributed by atoms with E-state index >= 15 is 0 Å². The van der Waals surface area contributed by atoms with Crippen LogP contribution >= 0.6 is 34.2 Å². The highest BCUT2D eigenvalue weighted by atomic mass is 127. The first kappa shape index (κ1) is 17.0. The molecule has 1 saturated carbocycles. The SMILES string of the molecule is N#Cc1c(Cl)nc(NC2CCCC(NC(=O)O)C2)c(F)c1I. The molecule has 1 amide bonds. The fourth-order valence-corrected chi connectivity index (χ4v) is 3.53. The van der Waals surface area contributed by atoms with Crippen molar-refractivity contribution in [2.24, 2.45) is 0 Å². The summed E-state index contributed by atoms with van der Waals surface area (Å²) >= 11 is 7.61. The largest absolute Gasteiger partial charge is 0.465 e. The van der Waals surface area contributed by atoms with Gasteiger partial charge in [-0.25, -0.2) is 14.2 Å². The molecule has 1 aromatic heterocycles. The van der Waals surface area contributed by atoms with E-state index in [1.54, 1.807) is 22.6 Å². The van der Waals surface area contributed by atoms with Gasteiger partial charge in [0.05, 0.1) is 3.57 Å². The highest BCUT2D eigenvalue weighted by Crippen LogP contribution is 2.29. The third-order valence-electron chi connectivity index (χ3n) is 3.49. The molecule has 9 heteroatoms. The van der Waals surface area contributed by atoms with Crippen LogP contribution in [0.4, 0.5) is 15.0 Å². The average Bonchev–Trinajstić information content (AvgIpc) is 2.45. The molecule has 1 heterocycles. The zero-order chi connectivity index (χ0) is 16.3. The number of nitrogens with zero attached hydrogens (tertiary/aromatic N) is 2. The molecule has 22 heavy (non-hydrogen) atoms. The molecule has 0 saturated heterocycles. The molecule has 6 nitrogen and oxygen atoms in total. The lowest BCUT2D eigenvalue weighted by atomic mass is 9.91. The number of aromatic nitrogens is 1. The zero-order valence-electron chi connectivity index (χ0n) is 11.4. The molecule has 2 rings (SSSR count). The van der Waals surface area contributed by atoms with Crippen LogP contribution in [0.15, 0.2) is 0 Å². The molecule has 2 atom stereocenters. The zero-order valence-corrected chi connectivity index (χ0v) is 14.3. The molecule has 1 aliphatic carbocycles. The Morgan fingerprint density at radius 2 is 2.18 bits per heavy atom. The van der Waals surface area contributed by atoms with E-state index in [4.69, 9.17) is 22.0 Å². The van der Waals surface area contributed by atoms with Crippen molar-refractivity contribution in [2.45, 2.75) is 37.8 Å². The summed E-state index contributed by atoms with van der Waals surface area (Å²) in [7, 11) is 0. The molecular weight excluding hydrogens is 426 g/mol. The van der Waals surface area contributed by atoms with E-state index in [0.717, 1.165) is 19.3 Å². The molecule has 118 valence electrons. The Morgan fingerprint density at radius 3 is 2.82 bits per heavy atom. The molecule has 1 fully saturated rings. The van der Waals surface area contributed by atoms with Crippen LogP contribution < -0.4 is 10.6 Å². The average molecular weight is 439 g/mol. The number of carbonyl (C=O) groups is 1. The van der Waals surface area contributed by atoms with Gasteiger partial charge in [0.2, 0.25) is 0 Å². The molecular formula is C13H13ClFIN4O2. The van der Waals surface area contributed by atoms with Crippen molar-refractivity contribution in [3.05, 3.63) is 20.1 Å². The number of nitriles is 1. The van der Waals surface area contributed by atoms with Gasteiger partial charge in [0.15, 0.2) is 16.8 Å². The van der Waals surface area contributed by atoms with E-state index < -0.39 is 11.9 Å². The highest BCUT2D eigenvalue weighted by Gasteiger charge is 2.25. The van der Waals surface area contributed by atoms with Crippen molar-refractivity contribution in [1.29, 1.82) is 5.26 Å². The number of nitrogens with one attached hydrogen (secondary N) is 2. The second kappa shape index (κ2) is 7.28. The van der Waals surface area contributed by atoms with Crippen molar-refractivity contribution in [2.75, 3.05) is 5.32 Å². The van der Waals surface area contributed by atoms with E-state index in [9.17, 15) is 9.18 Å². The third-order valence-corrected chi connectivity index (χ3v) is 4.78. The fraction of sp³-hybridized carbons (Fsp3) is 0.462. The molecule has 0 radical (unpaired) electrons. The second-order valence-electron chi connectivity index (χ2n) is 5.02. The first-order chi connectivity index (χ1) is 10.4. The van der Waals surface area contributed by atoms with Gasteiger partial charge in [-0.15, -0.1) is 0 Å². The van der Waals surface area contributed by atoms with Gasteiger partial charge >= 0.3 is 6.09 Å². The lowest BCUT2D eigenvalue weighted by Gasteiger charge is -2.30. The molecule has 0 bridgehead atoms. The predicted molar refractivity (Wildman–Crippen MR) is 87.5 cm³/mol. The summed E-state index contributed by atoms with van der Waals surface area (Å²) in [5, 5.41) is 23.1. The van der Waals surface area contributed by atoms with Gasteiger partial charge in [0.1, 0.15) is 11.6 Å². The molecule has 1 aromatic rings. The fourth-order valence-electron chi connectivity index (χ4n) is 2.52. The number of hydrogen-bond donors (Lipinski definition) is 3. The van der Waals surface area contributed by atoms with Crippen LogP contribution in [0.3, 0.4) is 0 Å². The summed E-state index contributed by atoms with van der Waals surface area (Å²) in [5.74, 6) is -0.621. The summed E-state index contributed by atoms with van der Waals surface area (Å²) in [4.78, 5) is 14.6. The van der Waals surface area contributed by atoms with E-state index in [1.165, 1.54) is 0 Å². The van der Waals surface area contributed by atoms with Crippen molar-refractivity contribution < 1.29 is 14.3 Å². The molecule has 1 aliphatic rings. The second-order valence-corrected chi connectivity index (χ2v) is 6.46. The first-order valence-corrected chi connectivity index (χ1v) is 8.08. The first-order valence-electron chi connectivity index (χ1n) is 6.63. The monoisotopic (exact) mass is 438 g/mol. The number of rotatable bonds is 3. The lowest BCUT2D eigenvalue weighted by Crippen LogP contribution is -2.41. The topological polar surface area (TPSA) is 98.0 Å². The van der Waals surface area contributed by atoms with Crippen LogP contribution in [-0.4, -0.2) is 28.3 Å². The minimum absolute atomic E-state index is 0.00521. The Balaban J connectivity index is 2.14. The highest BCUT2D eigenvalue weighted by molar-refractivity contribution is 14.1. The molecule has 0 aliphatic heterocycles. The van der Waals surface area contributed by atoms with Gasteiger partial charge in [-0.1, -0.05) is 11.6 Å². The van der Waals surface area contributed by atoms with Crippen molar-refractivity contribution in [1.82, 2.24) is 10.3 Å². The summed E-state index contributed by atoms with van der Waals surface area (Å²) in [6.45, 7) is 0.